The maximum Gasteiger partial charge on any atom is 0.332 e. The van der Waals surface area contributed by atoms with Gasteiger partial charge in [-0.05, 0) is 33.2 Å². The zero-order valence-corrected chi connectivity index (χ0v) is 13.6. The van der Waals surface area contributed by atoms with E-state index in [4.69, 9.17) is 5.73 Å². The molecular formula is C15H25N5O2. The summed E-state index contributed by atoms with van der Waals surface area (Å²) in [6.07, 6.45) is 2.34. The minimum atomic E-state index is -0.294. The van der Waals surface area contributed by atoms with E-state index >= 15 is 0 Å². The van der Waals surface area contributed by atoms with Gasteiger partial charge in [-0.15, -0.1) is 0 Å². The average Bonchev–Trinajstić information content (AvgIpc) is 2.86. The molecule has 122 valence electrons. The number of nitrogens with two attached hydrogens (primary N) is 1. The molecule has 2 rings (SSSR count). The molecule has 22 heavy (non-hydrogen) atoms. The summed E-state index contributed by atoms with van der Waals surface area (Å²) in [7, 11) is 0. The van der Waals surface area contributed by atoms with Crippen molar-refractivity contribution in [1.29, 1.82) is 0 Å². The fourth-order valence-corrected chi connectivity index (χ4v) is 2.82. The second kappa shape index (κ2) is 6.91. The first-order valence-corrected chi connectivity index (χ1v) is 8.03. The van der Waals surface area contributed by atoms with E-state index < -0.39 is 0 Å². The van der Waals surface area contributed by atoms with Gasteiger partial charge in [0.15, 0.2) is 11.2 Å². The van der Waals surface area contributed by atoms with Crippen LogP contribution in [-0.4, -0.2) is 25.2 Å². The quantitative estimate of drug-likeness (QED) is 0.815. The Balaban J connectivity index is 2.84. The van der Waals surface area contributed by atoms with Crippen LogP contribution >= 0.6 is 0 Å². The van der Waals surface area contributed by atoms with Crippen LogP contribution in [0.1, 0.15) is 39.4 Å². The molecule has 0 fully saturated rings. The molecule has 0 aliphatic heterocycles. The molecule has 0 aromatic carbocycles. The van der Waals surface area contributed by atoms with Gasteiger partial charge in [-0.25, -0.2) is 9.78 Å². The molecule has 0 aliphatic rings. The summed E-state index contributed by atoms with van der Waals surface area (Å²) in [5, 5.41) is 0. The summed E-state index contributed by atoms with van der Waals surface area (Å²) in [6.45, 7) is 7.91. The first-order valence-electron chi connectivity index (χ1n) is 8.03. The molecule has 0 saturated carbocycles. The Bertz CT molecular complexity index is 769. The van der Waals surface area contributed by atoms with Crippen molar-refractivity contribution < 1.29 is 0 Å². The lowest BCUT2D eigenvalue weighted by Gasteiger charge is -2.10. The Morgan fingerprint density at radius 1 is 1.05 bits per heavy atom. The number of nitrogens with zero attached hydrogens (tertiary/aromatic N) is 4. The van der Waals surface area contributed by atoms with E-state index in [0.29, 0.717) is 43.8 Å². The number of rotatable bonds is 7. The van der Waals surface area contributed by atoms with Crippen molar-refractivity contribution >= 4 is 11.2 Å². The summed E-state index contributed by atoms with van der Waals surface area (Å²) in [4.78, 5) is 29.9. The van der Waals surface area contributed by atoms with Crippen molar-refractivity contribution in [3.05, 3.63) is 26.7 Å². The summed E-state index contributed by atoms with van der Waals surface area (Å²) in [5.74, 6) is 0.871. The van der Waals surface area contributed by atoms with Crippen LogP contribution < -0.4 is 17.0 Å². The molecule has 2 heterocycles. The Kier molecular flexibility index (Phi) is 5.18. The monoisotopic (exact) mass is 307 g/mol. The molecule has 7 heteroatoms. The second-order valence-electron chi connectivity index (χ2n) is 5.32. The highest BCUT2D eigenvalue weighted by atomic mass is 16.2. The van der Waals surface area contributed by atoms with Crippen molar-refractivity contribution in [2.75, 3.05) is 6.54 Å². The average molecular weight is 307 g/mol. The third-order valence-electron chi connectivity index (χ3n) is 3.89. The molecule has 2 aromatic heterocycles. The van der Waals surface area contributed by atoms with Gasteiger partial charge < -0.3 is 10.3 Å². The van der Waals surface area contributed by atoms with Crippen LogP contribution in [0.4, 0.5) is 0 Å². The molecular weight excluding hydrogens is 282 g/mol. The third-order valence-corrected chi connectivity index (χ3v) is 3.89. The SMILES string of the molecule is CCCc1nc2c(c(=O)n(CCCN)c(=O)n2CC)n1CC. The van der Waals surface area contributed by atoms with Crippen LogP contribution in [0.25, 0.3) is 11.2 Å². The molecule has 0 unspecified atom stereocenters. The van der Waals surface area contributed by atoms with E-state index in [-0.39, 0.29) is 11.2 Å². The molecule has 0 amide bonds. The number of hydrogen-bond donors (Lipinski definition) is 1. The maximum atomic E-state index is 12.8. The van der Waals surface area contributed by atoms with Gasteiger partial charge in [0.25, 0.3) is 5.56 Å². The molecule has 0 saturated heterocycles. The highest BCUT2D eigenvalue weighted by Gasteiger charge is 2.19. The number of aromatic nitrogens is 4. The molecule has 0 aliphatic carbocycles. The van der Waals surface area contributed by atoms with E-state index in [1.165, 1.54) is 4.57 Å². The smallest absolute Gasteiger partial charge is 0.330 e. The fraction of sp³-hybridized carbons (Fsp3) is 0.667. The number of aryl methyl sites for hydroxylation is 3. The largest absolute Gasteiger partial charge is 0.332 e. The van der Waals surface area contributed by atoms with Gasteiger partial charge in [0.1, 0.15) is 5.82 Å². The number of fused-ring (bicyclic) bond motifs is 1. The maximum absolute atomic E-state index is 12.8. The Morgan fingerprint density at radius 3 is 2.27 bits per heavy atom. The topological polar surface area (TPSA) is 87.8 Å². The van der Waals surface area contributed by atoms with Crippen molar-refractivity contribution in [2.45, 2.75) is 59.7 Å². The van der Waals surface area contributed by atoms with E-state index in [0.717, 1.165) is 18.7 Å². The Morgan fingerprint density at radius 2 is 1.73 bits per heavy atom. The van der Waals surface area contributed by atoms with E-state index in [1.807, 2.05) is 18.4 Å². The summed E-state index contributed by atoms with van der Waals surface area (Å²) >= 11 is 0. The highest BCUT2D eigenvalue weighted by Crippen LogP contribution is 2.13. The highest BCUT2D eigenvalue weighted by molar-refractivity contribution is 5.71. The van der Waals surface area contributed by atoms with E-state index in [9.17, 15) is 9.59 Å². The van der Waals surface area contributed by atoms with Gasteiger partial charge in [0.2, 0.25) is 0 Å². The molecule has 0 radical (unpaired) electrons. The van der Waals surface area contributed by atoms with E-state index in [2.05, 4.69) is 11.9 Å². The van der Waals surface area contributed by atoms with Crippen LogP contribution in [0.5, 0.6) is 0 Å². The predicted molar refractivity (Wildman–Crippen MR) is 87.3 cm³/mol. The lowest BCUT2D eigenvalue weighted by molar-refractivity contribution is 0.559. The fourth-order valence-electron chi connectivity index (χ4n) is 2.82. The van der Waals surface area contributed by atoms with Crippen LogP contribution in [0.3, 0.4) is 0 Å². The van der Waals surface area contributed by atoms with Crippen molar-refractivity contribution in [1.82, 2.24) is 18.7 Å². The minimum Gasteiger partial charge on any atom is -0.330 e. The predicted octanol–water partition coefficient (Wildman–Crippen LogP) is 0.701. The molecule has 0 bridgehead atoms. The summed E-state index contributed by atoms with van der Waals surface area (Å²) in [6, 6.07) is 0. The normalized spacial score (nSPS) is 11.5. The molecule has 2 aromatic rings. The standard InChI is InChI=1S/C15H25N5O2/c1-4-8-11-17-13-12(18(11)5-2)14(21)20(10-7-9-16)15(22)19(13)6-3/h4-10,16H2,1-3H3. The lowest BCUT2D eigenvalue weighted by atomic mass is 10.3. The van der Waals surface area contributed by atoms with Crippen LogP contribution in [0, 0.1) is 0 Å². The number of imidazole rings is 1. The minimum absolute atomic E-state index is 0.255. The van der Waals surface area contributed by atoms with Crippen LogP contribution in [-0.2, 0) is 26.1 Å². The first-order chi connectivity index (χ1) is 10.6. The molecule has 7 nitrogen and oxygen atoms in total. The van der Waals surface area contributed by atoms with Crippen molar-refractivity contribution in [2.24, 2.45) is 5.73 Å². The third kappa shape index (κ3) is 2.61. The van der Waals surface area contributed by atoms with Crippen LogP contribution in [0.2, 0.25) is 0 Å². The van der Waals surface area contributed by atoms with Crippen LogP contribution in [0.15, 0.2) is 9.59 Å². The van der Waals surface area contributed by atoms with Gasteiger partial charge in [-0.2, -0.15) is 0 Å². The lowest BCUT2D eigenvalue weighted by Crippen LogP contribution is -2.40. The zero-order valence-electron chi connectivity index (χ0n) is 13.6. The second-order valence-corrected chi connectivity index (χ2v) is 5.32. The van der Waals surface area contributed by atoms with E-state index in [1.54, 1.807) is 4.57 Å². The van der Waals surface area contributed by atoms with Gasteiger partial charge >= 0.3 is 5.69 Å². The first kappa shape index (κ1) is 16.5. The molecule has 0 atom stereocenters. The summed E-state index contributed by atoms with van der Waals surface area (Å²) in [5.41, 5.74) is 6.01. The Hall–Kier alpha value is -1.89. The molecule has 2 N–H and O–H groups in total. The van der Waals surface area contributed by atoms with Gasteiger partial charge in [-0.1, -0.05) is 6.92 Å². The van der Waals surface area contributed by atoms with Crippen molar-refractivity contribution in [3.8, 4) is 0 Å². The Labute approximate surface area is 129 Å². The zero-order chi connectivity index (χ0) is 16.3. The summed E-state index contributed by atoms with van der Waals surface area (Å²) < 4.78 is 4.81. The van der Waals surface area contributed by atoms with Gasteiger partial charge in [-0.3, -0.25) is 13.9 Å². The van der Waals surface area contributed by atoms with Gasteiger partial charge in [0.05, 0.1) is 0 Å². The van der Waals surface area contributed by atoms with Crippen molar-refractivity contribution in [3.63, 3.8) is 0 Å². The van der Waals surface area contributed by atoms with Gasteiger partial charge in [0, 0.05) is 26.1 Å². The molecule has 0 spiro atoms. The number of hydrogen-bond acceptors (Lipinski definition) is 4.